The van der Waals surface area contributed by atoms with Crippen LogP contribution in [0.1, 0.15) is 25.0 Å². The van der Waals surface area contributed by atoms with E-state index in [1.54, 1.807) is 0 Å². The van der Waals surface area contributed by atoms with Gasteiger partial charge in [0.15, 0.2) is 0 Å². The van der Waals surface area contributed by atoms with Crippen LogP contribution in [0.3, 0.4) is 0 Å². The fourth-order valence-electron chi connectivity index (χ4n) is 6.16. The van der Waals surface area contributed by atoms with Crippen molar-refractivity contribution in [1.82, 2.24) is 0 Å². The molecule has 1 heteroatoms. The second kappa shape index (κ2) is 13.1. The molecule has 0 N–H and O–H groups in total. The van der Waals surface area contributed by atoms with Gasteiger partial charge in [0.1, 0.15) is 0 Å². The van der Waals surface area contributed by atoms with Gasteiger partial charge in [0.25, 0.3) is 0 Å². The van der Waals surface area contributed by atoms with Crippen molar-refractivity contribution in [2.75, 3.05) is 0 Å². The molecule has 0 atom stereocenters. The standard InChI is InChI=1S/2C20H15.C3H6.Ti/c2*1-14-12-16-8-5-11-19(20(16)13-14)18-10-4-7-15-6-2-3-9-17(15)18;1-3-2;/h2*2-13H,1H3;1-2H3;/q2*-1;;+2. The molecule has 0 aliphatic heterocycles. The summed E-state index contributed by atoms with van der Waals surface area (Å²) in [6.45, 7) is 8.49. The van der Waals surface area contributed by atoms with Gasteiger partial charge < -0.3 is 0 Å². The van der Waals surface area contributed by atoms with E-state index in [-0.39, 0.29) is 0 Å². The Morgan fingerprint density at radius 1 is 0.432 bits per heavy atom. The summed E-state index contributed by atoms with van der Waals surface area (Å²) < 4.78 is 1.42. The van der Waals surface area contributed by atoms with Crippen LogP contribution >= 0.6 is 0 Å². The molecule has 0 spiro atoms. The summed E-state index contributed by atoms with van der Waals surface area (Å²) in [6.07, 6.45) is 0. The molecule has 0 aliphatic rings. The molecule has 0 saturated carbocycles. The SMILES string of the molecule is C[C](C)=[Ti+2].Cc1cc2c(-c3cccc4ccccc34)cccc2[cH-]1.Cc1cc2c(-c3cccc4ccccc34)cccc2[cH-]1. The van der Waals surface area contributed by atoms with Gasteiger partial charge in [-0.1, -0.05) is 122 Å². The van der Waals surface area contributed by atoms with Gasteiger partial charge in [0.05, 0.1) is 0 Å². The monoisotopic (exact) mass is 600 g/mol. The van der Waals surface area contributed by atoms with E-state index in [1.165, 1.54) is 80.3 Å². The quantitative estimate of drug-likeness (QED) is 0.137. The van der Waals surface area contributed by atoms with Crippen LogP contribution in [0.5, 0.6) is 0 Å². The van der Waals surface area contributed by atoms with Crippen LogP contribution in [0.15, 0.2) is 146 Å². The number of aryl methyl sites for hydroxylation is 2. The first-order valence-corrected chi connectivity index (χ1v) is 16.0. The molecular formula is C43H36Ti. The maximum Gasteiger partial charge on any atom is -0.0114 e. The van der Waals surface area contributed by atoms with Gasteiger partial charge in [-0.3, -0.25) is 0 Å². The Morgan fingerprint density at radius 2 is 0.750 bits per heavy atom. The minimum atomic E-state index is 1.30. The Labute approximate surface area is 272 Å². The van der Waals surface area contributed by atoms with Crippen molar-refractivity contribution in [3.63, 3.8) is 0 Å². The Balaban J connectivity index is 0.000000139. The molecule has 0 fully saturated rings. The van der Waals surface area contributed by atoms with Crippen LogP contribution in [0.4, 0.5) is 0 Å². The summed E-state index contributed by atoms with van der Waals surface area (Å²) in [5.74, 6) is 0. The minimum Gasteiger partial charge on any atom is -0.165 e. The third kappa shape index (κ3) is 6.29. The molecule has 0 radical (unpaired) electrons. The number of hydrogen-bond donors (Lipinski definition) is 0. The summed E-state index contributed by atoms with van der Waals surface area (Å²) in [7, 11) is 0. The molecule has 0 bridgehead atoms. The second-order valence-electron chi connectivity index (χ2n) is 11.7. The average Bonchev–Trinajstić information content (AvgIpc) is 3.61. The molecule has 0 unspecified atom stereocenters. The molecule has 0 nitrogen and oxygen atoms in total. The zero-order valence-electron chi connectivity index (χ0n) is 25.9. The summed E-state index contributed by atoms with van der Waals surface area (Å²) in [5.41, 5.74) is 7.94. The van der Waals surface area contributed by atoms with Gasteiger partial charge in [0.2, 0.25) is 0 Å². The van der Waals surface area contributed by atoms with Crippen molar-refractivity contribution in [2.45, 2.75) is 27.7 Å². The predicted octanol–water partition coefficient (Wildman–Crippen LogP) is 12.1. The molecule has 44 heavy (non-hydrogen) atoms. The molecule has 0 amide bonds. The largest absolute Gasteiger partial charge is 0.165 e. The van der Waals surface area contributed by atoms with Crippen LogP contribution in [-0.2, 0) is 20.0 Å². The van der Waals surface area contributed by atoms with E-state index in [1.807, 2.05) is 0 Å². The van der Waals surface area contributed by atoms with E-state index in [0.717, 1.165) is 0 Å². The molecule has 0 aliphatic carbocycles. The van der Waals surface area contributed by atoms with Crippen molar-refractivity contribution in [3.05, 3.63) is 157 Å². The fourth-order valence-corrected chi connectivity index (χ4v) is 6.16. The van der Waals surface area contributed by atoms with E-state index in [2.05, 4.69) is 193 Å². The molecule has 0 saturated heterocycles. The van der Waals surface area contributed by atoms with Crippen molar-refractivity contribution < 1.29 is 20.0 Å². The summed E-state index contributed by atoms with van der Waals surface area (Å²) >= 11 is 2.08. The van der Waals surface area contributed by atoms with Gasteiger partial charge in [-0.25, -0.2) is 0 Å². The van der Waals surface area contributed by atoms with Gasteiger partial charge in [-0.15, -0.1) is 69.1 Å². The molecule has 0 heterocycles. The Morgan fingerprint density at radius 3 is 1.16 bits per heavy atom. The zero-order valence-corrected chi connectivity index (χ0v) is 27.4. The topological polar surface area (TPSA) is 0 Å². The average molecular weight is 601 g/mol. The molecule has 8 rings (SSSR count). The van der Waals surface area contributed by atoms with Crippen LogP contribution in [0, 0.1) is 13.8 Å². The third-order valence-electron chi connectivity index (χ3n) is 7.95. The number of hydrogen-bond acceptors (Lipinski definition) is 0. The van der Waals surface area contributed by atoms with Crippen LogP contribution in [-0.4, -0.2) is 3.81 Å². The first-order valence-electron chi connectivity index (χ1n) is 15.2. The normalized spacial score (nSPS) is 10.9. The number of benzene rings is 6. The van der Waals surface area contributed by atoms with E-state index in [9.17, 15) is 0 Å². The smallest absolute Gasteiger partial charge is 0.0114 e. The minimum absolute atomic E-state index is 1.30. The van der Waals surface area contributed by atoms with Crippen molar-refractivity contribution in [3.8, 4) is 22.3 Å². The summed E-state index contributed by atoms with van der Waals surface area (Å²) in [6, 6.07) is 52.5. The van der Waals surface area contributed by atoms with Crippen LogP contribution in [0.2, 0.25) is 0 Å². The fraction of sp³-hybridized carbons (Fsp3) is 0.0930. The number of fused-ring (bicyclic) bond motifs is 4. The van der Waals surface area contributed by atoms with E-state index < -0.39 is 0 Å². The van der Waals surface area contributed by atoms with Crippen molar-refractivity contribution in [2.24, 2.45) is 0 Å². The Hall–Kier alpha value is -4.36. The molecular weight excluding hydrogens is 564 g/mol. The maximum atomic E-state index is 2.28. The van der Waals surface area contributed by atoms with E-state index in [4.69, 9.17) is 0 Å². The van der Waals surface area contributed by atoms with Gasteiger partial charge in [0, 0.05) is 0 Å². The first kappa shape index (κ1) is 29.7. The van der Waals surface area contributed by atoms with E-state index >= 15 is 0 Å². The number of rotatable bonds is 2. The summed E-state index contributed by atoms with van der Waals surface area (Å²) in [5, 5.41) is 10.6. The Kier molecular flexibility index (Phi) is 8.85. The van der Waals surface area contributed by atoms with Crippen LogP contribution in [0.25, 0.3) is 65.3 Å². The van der Waals surface area contributed by atoms with Gasteiger partial charge in [-0.05, 0) is 32.7 Å². The van der Waals surface area contributed by atoms with Gasteiger partial charge >= 0.3 is 37.6 Å². The maximum absolute atomic E-state index is 2.28. The van der Waals surface area contributed by atoms with Gasteiger partial charge in [-0.2, -0.15) is 12.1 Å². The van der Waals surface area contributed by atoms with Crippen LogP contribution < -0.4 is 0 Å². The Bertz CT molecular complexity index is 2070. The molecule has 0 aromatic heterocycles. The zero-order chi connectivity index (χ0) is 30.6. The molecule has 212 valence electrons. The predicted molar refractivity (Wildman–Crippen MR) is 191 cm³/mol. The first-order chi connectivity index (χ1) is 21.4. The van der Waals surface area contributed by atoms with Crippen molar-refractivity contribution >= 4 is 46.9 Å². The molecule has 8 aromatic carbocycles. The molecule has 8 aromatic rings. The second-order valence-corrected chi connectivity index (χ2v) is 13.3. The third-order valence-corrected chi connectivity index (χ3v) is 7.95. The summed E-state index contributed by atoms with van der Waals surface area (Å²) in [4.78, 5) is 0. The van der Waals surface area contributed by atoms with Crippen molar-refractivity contribution in [1.29, 1.82) is 0 Å². The van der Waals surface area contributed by atoms with E-state index in [0.29, 0.717) is 0 Å².